The lowest BCUT2D eigenvalue weighted by molar-refractivity contribution is 0.172. The highest BCUT2D eigenvalue weighted by atomic mass is 16.5. The van der Waals surface area contributed by atoms with Crippen LogP contribution < -0.4 is 10.6 Å². The number of hydrogen-bond donors (Lipinski definition) is 1. The van der Waals surface area contributed by atoms with Crippen LogP contribution in [0, 0.1) is 5.92 Å². The van der Waals surface area contributed by atoms with Gasteiger partial charge in [0.2, 0.25) is 0 Å². The van der Waals surface area contributed by atoms with Crippen LogP contribution in [-0.2, 0) is 11.2 Å². The van der Waals surface area contributed by atoms with Crippen LogP contribution in [0.3, 0.4) is 0 Å². The number of aromatic nitrogens is 1. The van der Waals surface area contributed by atoms with Gasteiger partial charge in [-0.1, -0.05) is 6.07 Å². The molecule has 1 aliphatic rings. The molecule has 1 saturated carbocycles. The van der Waals surface area contributed by atoms with E-state index < -0.39 is 0 Å². The highest BCUT2D eigenvalue weighted by Crippen LogP contribution is 2.30. The Hall–Kier alpha value is -1.62. The minimum absolute atomic E-state index is 0.387. The summed E-state index contributed by atoms with van der Waals surface area (Å²) in [6, 6.07) is 6.21. The summed E-state index contributed by atoms with van der Waals surface area (Å²) < 4.78 is 4.90. The van der Waals surface area contributed by atoms with Crippen molar-refractivity contribution in [2.45, 2.75) is 58.0 Å². The number of carbonyl (C=O) groups is 1. The lowest BCUT2D eigenvalue weighted by Gasteiger charge is -2.34. The summed E-state index contributed by atoms with van der Waals surface area (Å²) in [5.41, 5.74) is 6.45. The number of anilines is 1. The van der Waals surface area contributed by atoms with Crippen molar-refractivity contribution in [1.29, 1.82) is 0 Å². The van der Waals surface area contributed by atoms with Crippen molar-refractivity contribution in [1.82, 2.24) is 4.98 Å². The summed E-state index contributed by atoms with van der Waals surface area (Å²) in [7, 11) is 1.39. The molecule has 122 valence electrons. The van der Waals surface area contributed by atoms with Gasteiger partial charge in [0, 0.05) is 17.3 Å². The minimum atomic E-state index is -0.389. The largest absolute Gasteiger partial charge is 0.452 e. The van der Waals surface area contributed by atoms with Gasteiger partial charge in [-0.2, -0.15) is 0 Å². The number of carbonyl (C=O) groups excluding carboxylic acids is 1. The van der Waals surface area contributed by atoms with E-state index in [-0.39, 0.29) is 11.6 Å². The monoisotopic (exact) mass is 305 g/mol. The average molecular weight is 305 g/mol. The maximum absolute atomic E-state index is 12.1. The van der Waals surface area contributed by atoms with Gasteiger partial charge in [-0.15, -0.1) is 0 Å². The molecule has 1 heterocycles. The third-order valence-corrected chi connectivity index (χ3v) is 4.13. The van der Waals surface area contributed by atoms with Crippen LogP contribution in [0.25, 0.3) is 0 Å². The second-order valence-corrected chi connectivity index (χ2v) is 7.10. The van der Waals surface area contributed by atoms with Gasteiger partial charge in [0.1, 0.15) is 5.82 Å². The van der Waals surface area contributed by atoms with Crippen LogP contribution in [0.15, 0.2) is 18.2 Å². The first kappa shape index (κ1) is 16.7. The second kappa shape index (κ2) is 6.65. The van der Waals surface area contributed by atoms with Crippen molar-refractivity contribution in [2.75, 3.05) is 12.0 Å². The maximum Gasteiger partial charge on any atom is 0.415 e. The van der Waals surface area contributed by atoms with E-state index in [9.17, 15) is 4.79 Å². The molecule has 1 aromatic rings. The standard InChI is InChI=1S/C17H27N3O2/c1-17(2,3)20(16(21)22-4)15-7-5-6-14(19-15)9-8-12-10-13(18)11-12/h5-7,12-13H,8-11,18H2,1-4H3. The van der Waals surface area contributed by atoms with E-state index in [0.717, 1.165) is 37.3 Å². The zero-order chi connectivity index (χ0) is 16.3. The predicted molar refractivity (Wildman–Crippen MR) is 87.9 cm³/mol. The number of pyridine rings is 1. The molecule has 0 unspecified atom stereocenters. The van der Waals surface area contributed by atoms with E-state index in [4.69, 9.17) is 10.5 Å². The Kier molecular flexibility index (Phi) is 5.06. The number of amides is 1. The van der Waals surface area contributed by atoms with Crippen molar-refractivity contribution in [2.24, 2.45) is 11.7 Å². The fourth-order valence-electron chi connectivity index (χ4n) is 2.91. The highest BCUT2D eigenvalue weighted by molar-refractivity contribution is 5.87. The molecule has 0 aliphatic heterocycles. The van der Waals surface area contributed by atoms with Gasteiger partial charge in [-0.25, -0.2) is 9.78 Å². The van der Waals surface area contributed by atoms with E-state index in [1.54, 1.807) is 4.90 Å². The molecule has 5 heteroatoms. The number of rotatable bonds is 4. The Morgan fingerprint density at radius 2 is 2.09 bits per heavy atom. The molecule has 1 fully saturated rings. The lowest BCUT2D eigenvalue weighted by Crippen LogP contribution is -2.46. The molecule has 1 aromatic heterocycles. The van der Waals surface area contributed by atoms with Gasteiger partial charge in [-0.3, -0.25) is 4.90 Å². The van der Waals surface area contributed by atoms with E-state index in [0.29, 0.717) is 11.9 Å². The SMILES string of the molecule is COC(=O)N(c1cccc(CCC2CC(N)C2)n1)C(C)(C)C. The first-order valence-electron chi connectivity index (χ1n) is 7.91. The Labute approximate surface area is 132 Å². The van der Waals surface area contributed by atoms with Gasteiger partial charge in [0.25, 0.3) is 0 Å². The normalized spacial score (nSPS) is 21.1. The van der Waals surface area contributed by atoms with Gasteiger partial charge in [-0.05, 0) is 64.5 Å². The van der Waals surface area contributed by atoms with Crippen LogP contribution in [-0.4, -0.2) is 29.8 Å². The van der Waals surface area contributed by atoms with Crippen LogP contribution in [0.2, 0.25) is 0 Å². The Balaban J connectivity index is 2.09. The molecule has 0 radical (unpaired) electrons. The van der Waals surface area contributed by atoms with E-state index in [1.165, 1.54) is 7.11 Å². The van der Waals surface area contributed by atoms with Crippen molar-refractivity contribution < 1.29 is 9.53 Å². The first-order chi connectivity index (χ1) is 10.3. The van der Waals surface area contributed by atoms with Gasteiger partial charge in [0.05, 0.1) is 7.11 Å². The second-order valence-electron chi connectivity index (χ2n) is 7.10. The fourth-order valence-corrected chi connectivity index (χ4v) is 2.91. The van der Waals surface area contributed by atoms with Crippen LogP contribution in [0.5, 0.6) is 0 Å². The number of aryl methyl sites for hydroxylation is 1. The summed E-state index contributed by atoms with van der Waals surface area (Å²) >= 11 is 0. The van der Waals surface area contributed by atoms with Crippen molar-refractivity contribution >= 4 is 11.9 Å². The summed E-state index contributed by atoms with van der Waals surface area (Å²) in [5.74, 6) is 1.36. The van der Waals surface area contributed by atoms with E-state index in [2.05, 4.69) is 4.98 Å². The third kappa shape index (κ3) is 3.97. The smallest absolute Gasteiger partial charge is 0.415 e. The van der Waals surface area contributed by atoms with Gasteiger partial charge >= 0.3 is 6.09 Å². The number of nitrogens with two attached hydrogens (primary N) is 1. The molecule has 5 nitrogen and oxygen atoms in total. The average Bonchev–Trinajstić information content (AvgIpc) is 2.41. The summed E-state index contributed by atoms with van der Waals surface area (Å²) in [6.07, 6.45) is 3.89. The molecule has 22 heavy (non-hydrogen) atoms. The molecule has 2 rings (SSSR count). The van der Waals surface area contributed by atoms with Crippen molar-refractivity contribution in [3.05, 3.63) is 23.9 Å². The Morgan fingerprint density at radius 3 is 2.64 bits per heavy atom. The third-order valence-electron chi connectivity index (χ3n) is 4.13. The number of hydrogen-bond acceptors (Lipinski definition) is 4. The van der Waals surface area contributed by atoms with Crippen molar-refractivity contribution in [3.63, 3.8) is 0 Å². The van der Waals surface area contributed by atoms with Crippen LogP contribution in [0.4, 0.5) is 10.6 Å². The predicted octanol–water partition coefficient (Wildman–Crippen LogP) is 3.12. The molecule has 0 atom stereocenters. The maximum atomic E-state index is 12.1. The van der Waals surface area contributed by atoms with Crippen LogP contribution >= 0.6 is 0 Å². The zero-order valence-electron chi connectivity index (χ0n) is 14.0. The Morgan fingerprint density at radius 1 is 1.41 bits per heavy atom. The number of methoxy groups -OCH3 is 1. The first-order valence-corrected chi connectivity index (χ1v) is 7.91. The molecule has 0 saturated heterocycles. The van der Waals surface area contributed by atoms with Crippen molar-refractivity contribution in [3.8, 4) is 0 Å². The molecule has 2 N–H and O–H groups in total. The molecule has 1 amide bonds. The highest BCUT2D eigenvalue weighted by Gasteiger charge is 2.30. The topological polar surface area (TPSA) is 68.5 Å². The molecule has 0 spiro atoms. The summed E-state index contributed by atoms with van der Waals surface area (Å²) in [4.78, 5) is 18.3. The quantitative estimate of drug-likeness (QED) is 0.928. The molecular formula is C17H27N3O2. The molecule has 1 aliphatic carbocycles. The minimum Gasteiger partial charge on any atom is -0.452 e. The number of ether oxygens (including phenoxy) is 1. The molecule has 0 aromatic carbocycles. The van der Waals surface area contributed by atoms with Gasteiger partial charge in [0.15, 0.2) is 0 Å². The van der Waals surface area contributed by atoms with E-state index in [1.807, 2.05) is 39.0 Å². The van der Waals surface area contributed by atoms with Crippen LogP contribution in [0.1, 0.15) is 45.7 Å². The van der Waals surface area contributed by atoms with E-state index >= 15 is 0 Å². The zero-order valence-corrected chi connectivity index (χ0v) is 14.0. The molecular weight excluding hydrogens is 278 g/mol. The summed E-state index contributed by atoms with van der Waals surface area (Å²) in [6.45, 7) is 5.90. The fraction of sp³-hybridized carbons (Fsp3) is 0.647. The number of nitrogens with zero attached hydrogens (tertiary/aromatic N) is 2. The Bertz CT molecular complexity index is 519. The summed E-state index contributed by atoms with van der Waals surface area (Å²) in [5, 5.41) is 0. The van der Waals surface area contributed by atoms with Gasteiger partial charge < -0.3 is 10.5 Å². The lowest BCUT2D eigenvalue weighted by atomic mass is 9.78. The molecule has 0 bridgehead atoms.